The minimum absolute atomic E-state index is 0.123. The van der Waals surface area contributed by atoms with E-state index in [1.54, 1.807) is 0 Å². The molecular weight excluding hydrogens is 372 g/mol. The summed E-state index contributed by atoms with van der Waals surface area (Å²) >= 11 is 0. The number of rotatable bonds is 6. The summed E-state index contributed by atoms with van der Waals surface area (Å²) in [6.07, 6.45) is 13.4. The van der Waals surface area contributed by atoms with Gasteiger partial charge in [0.25, 0.3) is 0 Å². The Labute approximate surface area is 184 Å². The molecule has 0 aliphatic heterocycles. The Morgan fingerprint density at radius 3 is 2.63 bits per heavy atom. The lowest BCUT2D eigenvalue weighted by atomic mass is 9.59. The van der Waals surface area contributed by atoms with Gasteiger partial charge in [-0.2, -0.15) is 0 Å². The Hall–Kier alpha value is -0.900. The average Bonchev–Trinajstić information content (AvgIpc) is 3.05. The van der Waals surface area contributed by atoms with Crippen molar-refractivity contribution < 1.29 is 15.3 Å². The van der Waals surface area contributed by atoms with Crippen molar-refractivity contribution in [2.75, 3.05) is 0 Å². The quantitative estimate of drug-likeness (QED) is 0.520. The van der Waals surface area contributed by atoms with E-state index >= 15 is 0 Å². The number of hydrogen-bond acceptors (Lipinski definition) is 3. The largest absolute Gasteiger partial charge is 0.393 e. The van der Waals surface area contributed by atoms with Crippen molar-refractivity contribution in [3.63, 3.8) is 0 Å². The van der Waals surface area contributed by atoms with Gasteiger partial charge < -0.3 is 15.3 Å². The van der Waals surface area contributed by atoms with Crippen molar-refractivity contribution in [2.45, 2.75) is 110 Å². The van der Waals surface area contributed by atoms with Crippen molar-refractivity contribution in [3.8, 4) is 0 Å². The maximum Gasteiger partial charge on any atom is 0.0654 e. The van der Waals surface area contributed by atoms with Crippen molar-refractivity contribution in [1.82, 2.24) is 0 Å². The van der Waals surface area contributed by atoms with Gasteiger partial charge in [-0.1, -0.05) is 50.6 Å². The third-order valence-corrected chi connectivity index (χ3v) is 8.62. The first kappa shape index (κ1) is 23.8. The molecule has 0 heterocycles. The molecular formula is C27H44O3. The molecule has 0 radical (unpaired) electrons. The number of aliphatic hydroxyl groups excluding tert-OH is 2. The van der Waals surface area contributed by atoms with Crippen LogP contribution in [0.5, 0.6) is 0 Å². The molecule has 3 aliphatic rings. The van der Waals surface area contributed by atoms with Gasteiger partial charge in [0.2, 0.25) is 0 Å². The third kappa shape index (κ3) is 4.95. The molecule has 0 saturated heterocycles. The van der Waals surface area contributed by atoms with Crippen LogP contribution in [0.3, 0.4) is 0 Å². The molecule has 0 spiro atoms. The summed E-state index contributed by atoms with van der Waals surface area (Å²) in [5.74, 6) is 1.03. The highest BCUT2D eigenvalue weighted by molar-refractivity contribution is 5.36. The molecule has 0 aromatic carbocycles. The summed E-state index contributed by atoms with van der Waals surface area (Å²) in [5.41, 5.74) is 3.29. The summed E-state index contributed by atoms with van der Waals surface area (Å²) in [4.78, 5) is 0. The van der Waals surface area contributed by atoms with Crippen LogP contribution >= 0.6 is 0 Å². The molecule has 0 bridgehead atoms. The third-order valence-electron chi connectivity index (χ3n) is 8.62. The van der Waals surface area contributed by atoms with E-state index in [9.17, 15) is 15.3 Å². The van der Waals surface area contributed by atoms with Crippen LogP contribution in [0.25, 0.3) is 0 Å². The lowest BCUT2D eigenvalue weighted by Gasteiger charge is -2.47. The Kier molecular flexibility index (Phi) is 7.37. The van der Waals surface area contributed by atoms with Crippen molar-refractivity contribution in [1.29, 1.82) is 0 Å². The van der Waals surface area contributed by atoms with E-state index in [4.69, 9.17) is 0 Å². The zero-order valence-electron chi connectivity index (χ0n) is 19.7. The van der Waals surface area contributed by atoms with Crippen LogP contribution in [0.2, 0.25) is 0 Å². The lowest BCUT2D eigenvalue weighted by Crippen LogP contribution is -2.45. The molecule has 30 heavy (non-hydrogen) atoms. The van der Waals surface area contributed by atoms with Gasteiger partial charge in [0.1, 0.15) is 0 Å². The van der Waals surface area contributed by atoms with E-state index < -0.39 is 5.60 Å². The lowest BCUT2D eigenvalue weighted by molar-refractivity contribution is -0.0722. The standard InChI is InChI=1S/C27H44O3/c1-18(2)24(29)14-16-27(5,30)25-13-12-23-20(7-6-15-26(23,25)4)9-10-21-17-22(28)11-8-19(21)3/h9-10,18,22-25,28-30H,3,6-8,11-17H2,1-2,4-5H3/b20-9+,21-10-/t22-,23+,24?,25+,26+,27+/m1/s1. The van der Waals surface area contributed by atoms with Gasteiger partial charge in [-0.3, -0.25) is 0 Å². The SMILES string of the molecule is C=C1CC[C@@H](O)C/C1=C/C=C1\CCC[C@@]2(C)[C@H]1CC[C@@H]2[C@@](C)(O)CCC(O)C(C)C. The summed E-state index contributed by atoms with van der Waals surface area (Å²) in [5, 5.41) is 31.7. The summed E-state index contributed by atoms with van der Waals surface area (Å²) in [7, 11) is 0. The normalized spacial score (nSPS) is 38.1. The second-order valence-electron chi connectivity index (χ2n) is 11.2. The molecule has 3 aliphatic carbocycles. The maximum atomic E-state index is 11.5. The predicted octanol–water partition coefficient (Wildman–Crippen LogP) is 5.70. The molecule has 3 nitrogen and oxygen atoms in total. The van der Waals surface area contributed by atoms with Crippen molar-refractivity contribution >= 4 is 0 Å². The summed E-state index contributed by atoms with van der Waals surface area (Å²) in [6, 6.07) is 0. The highest BCUT2D eigenvalue weighted by Gasteiger charge is 2.54. The van der Waals surface area contributed by atoms with E-state index in [0.717, 1.165) is 38.5 Å². The molecule has 3 saturated carbocycles. The maximum absolute atomic E-state index is 11.5. The molecule has 1 unspecified atom stereocenters. The van der Waals surface area contributed by atoms with Gasteiger partial charge in [-0.25, -0.2) is 0 Å². The fraction of sp³-hybridized carbons (Fsp3) is 0.778. The monoisotopic (exact) mass is 416 g/mol. The number of allylic oxidation sites excluding steroid dienone is 4. The minimum Gasteiger partial charge on any atom is -0.393 e. The molecule has 3 N–H and O–H groups in total. The van der Waals surface area contributed by atoms with E-state index in [1.165, 1.54) is 29.6 Å². The van der Waals surface area contributed by atoms with E-state index in [-0.39, 0.29) is 29.5 Å². The molecule has 0 amide bonds. The van der Waals surface area contributed by atoms with Gasteiger partial charge >= 0.3 is 0 Å². The Bertz CT molecular complexity index is 686. The first-order chi connectivity index (χ1) is 14.0. The average molecular weight is 417 g/mol. The zero-order chi connectivity index (χ0) is 22.1. The van der Waals surface area contributed by atoms with Gasteiger partial charge in [-0.15, -0.1) is 0 Å². The van der Waals surface area contributed by atoms with Crippen molar-refractivity contribution in [3.05, 3.63) is 35.5 Å². The molecule has 6 atom stereocenters. The van der Waals surface area contributed by atoms with E-state index in [0.29, 0.717) is 18.8 Å². The molecule has 3 rings (SSSR count). The first-order valence-electron chi connectivity index (χ1n) is 12.2. The van der Waals surface area contributed by atoms with Crippen LogP contribution in [0.15, 0.2) is 35.5 Å². The summed E-state index contributed by atoms with van der Waals surface area (Å²) < 4.78 is 0. The Balaban J connectivity index is 1.75. The smallest absolute Gasteiger partial charge is 0.0654 e. The van der Waals surface area contributed by atoms with Gasteiger partial charge in [-0.05, 0) is 99.9 Å². The van der Waals surface area contributed by atoms with Crippen LogP contribution in [-0.4, -0.2) is 33.1 Å². The van der Waals surface area contributed by atoms with Gasteiger partial charge in [0.15, 0.2) is 0 Å². The van der Waals surface area contributed by atoms with Gasteiger partial charge in [0.05, 0.1) is 17.8 Å². The number of hydrogen-bond donors (Lipinski definition) is 3. The predicted molar refractivity (Wildman–Crippen MR) is 124 cm³/mol. The van der Waals surface area contributed by atoms with Gasteiger partial charge in [0, 0.05) is 0 Å². The van der Waals surface area contributed by atoms with E-state index in [1.807, 2.05) is 20.8 Å². The second kappa shape index (κ2) is 9.30. The fourth-order valence-electron chi connectivity index (χ4n) is 6.60. The van der Waals surface area contributed by atoms with Crippen LogP contribution in [0.4, 0.5) is 0 Å². The van der Waals surface area contributed by atoms with E-state index in [2.05, 4.69) is 25.7 Å². The van der Waals surface area contributed by atoms with Crippen LogP contribution < -0.4 is 0 Å². The molecule has 0 aromatic heterocycles. The first-order valence-corrected chi connectivity index (χ1v) is 12.2. The molecule has 3 heteroatoms. The number of aliphatic hydroxyl groups is 3. The number of fused-ring (bicyclic) bond motifs is 1. The molecule has 0 aromatic rings. The van der Waals surface area contributed by atoms with Crippen LogP contribution in [0, 0.1) is 23.2 Å². The topological polar surface area (TPSA) is 60.7 Å². The van der Waals surface area contributed by atoms with Crippen LogP contribution in [-0.2, 0) is 0 Å². The van der Waals surface area contributed by atoms with Crippen LogP contribution in [0.1, 0.15) is 91.9 Å². The molecule has 170 valence electrons. The minimum atomic E-state index is -0.734. The highest BCUT2D eigenvalue weighted by Crippen LogP contribution is 2.60. The fourth-order valence-corrected chi connectivity index (χ4v) is 6.60. The molecule has 3 fully saturated rings. The summed E-state index contributed by atoms with van der Waals surface area (Å²) in [6.45, 7) is 12.7. The zero-order valence-corrected chi connectivity index (χ0v) is 19.7. The van der Waals surface area contributed by atoms with Crippen molar-refractivity contribution in [2.24, 2.45) is 23.2 Å². The second-order valence-corrected chi connectivity index (χ2v) is 11.2. The Morgan fingerprint density at radius 1 is 1.20 bits per heavy atom. The highest BCUT2D eigenvalue weighted by atomic mass is 16.3. The Morgan fingerprint density at radius 2 is 1.93 bits per heavy atom.